The third-order valence-corrected chi connectivity index (χ3v) is 4.99. The van der Waals surface area contributed by atoms with E-state index in [0.717, 1.165) is 6.42 Å². The molecule has 0 radical (unpaired) electrons. The number of hydrogen-bond acceptors (Lipinski definition) is 5. The Morgan fingerprint density at radius 3 is 2.92 bits per heavy atom. The molecule has 1 aromatic heterocycles. The van der Waals surface area contributed by atoms with Gasteiger partial charge in [-0.2, -0.15) is 0 Å². The molecule has 2 amide bonds. The van der Waals surface area contributed by atoms with Crippen molar-refractivity contribution in [2.24, 2.45) is 5.73 Å². The zero-order valence-electron chi connectivity index (χ0n) is 13.3. The molecule has 0 bridgehead atoms. The maximum absolute atomic E-state index is 12.4. The van der Waals surface area contributed by atoms with Crippen LogP contribution in [0.4, 0.5) is 0 Å². The summed E-state index contributed by atoms with van der Waals surface area (Å²) < 4.78 is 10.7. The second kappa shape index (κ2) is 6.92. The van der Waals surface area contributed by atoms with E-state index in [4.69, 9.17) is 15.2 Å². The van der Waals surface area contributed by atoms with Gasteiger partial charge in [-0.25, -0.2) is 0 Å². The van der Waals surface area contributed by atoms with Crippen LogP contribution >= 0.6 is 11.3 Å². The molecule has 0 spiro atoms. The number of nitrogens with zero attached hydrogens (tertiary/aromatic N) is 1. The van der Waals surface area contributed by atoms with Gasteiger partial charge in [0.25, 0.3) is 11.8 Å². The largest absolute Gasteiger partial charge is 0.497 e. The minimum atomic E-state index is -0.610. The molecule has 1 aromatic carbocycles. The van der Waals surface area contributed by atoms with E-state index in [9.17, 15) is 9.59 Å². The van der Waals surface area contributed by atoms with E-state index in [-0.39, 0.29) is 23.8 Å². The van der Waals surface area contributed by atoms with Crippen LogP contribution in [-0.4, -0.2) is 37.0 Å². The van der Waals surface area contributed by atoms with Crippen molar-refractivity contribution < 1.29 is 19.1 Å². The smallest absolute Gasteiger partial charge is 0.260 e. The number of ether oxygens (including phenoxy) is 2. The van der Waals surface area contributed by atoms with Crippen LogP contribution in [0.25, 0.3) is 0 Å². The fourth-order valence-electron chi connectivity index (χ4n) is 2.64. The Labute approximate surface area is 143 Å². The number of nitrogens with two attached hydrogens (primary N) is 1. The summed E-state index contributed by atoms with van der Waals surface area (Å²) in [7, 11) is 1.51. The summed E-state index contributed by atoms with van der Waals surface area (Å²) in [6.07, 6.45) is 0.866. The zero-order valence-corrected chi connectivity index (χ0v) is 14.1. The van der Waals surface area contributed by atoms with Crippen LogP contribution in [0, 0.1) is 0 Å². The third-order valence-electron chi connectivity index (χ3n) is 3.97. The van der Waals surface area contributed by atoms with Crippen molar-refractivity contribution in [3.63, 3.8) is 0 Å². The number of amides is 2. The standard InChI is InChI=1S/C17H18N2O4S/c1-22-12-2-3-13(17(18)21)14(8-12)23-10-16(20)19-6-4-15-11(9-19)5-7-24-15/h2-3,5,7-8H,4,6,9-10H2,1H3,(H2,18,21). The molecule has 1 aliphatic rings. The maximum atomic E-state index is 12.4. The van der Waals surface area contributed by atoms with Crippen LogP contribution < -0.4 is 15.2 Å². The minimum Gasteiger partial charge on any atom is -0.497 e. The summed E-state index contributed by atoms with van der Waals surface area (Å²) >= 11 is 1.72. The SMILES string of the molecule is COc1ccc(C(N)=O)c(OCC(=O)N2CCc3sccc3C2)c1. The number of rotatable bonds is 5. The van der Waals surface area contributed by atoms with E-state index in [2.05, 4.69) is 0 Å². The van der Waals surface area contributed by atoms with E-state index in [1.54, 1.807) is 28.4 Å². The monoisotopic (exact) mass is 346 g/mol. The van der Waals surface area contributed by atoms with Gasteiger partial charge >= 0.3 is 0 Å². The van der Waals surface area contributed by atoms with Crippen LogP contribution in [0.3, 0.4) is 0 Å². The molecule has 1 aliphatic heterocycles. The van der Waals surface area contributed by atoms with Crippen LogP contribution in [0.2, 0.25) is 0 Å². The minimum absolute atomic E-state index is 0.120. The first-order chi connectivity index (χ1) is 11.6. The van der Waals surface area contributed by atoms with Gasteiger partial charge in [0.2, 0.25) is 0 Å². The molecule has 6 nitrogen and oxygen atoms in total. The molecule has 0 saturated carbocycles. The first-order valence-corrected chi connectivity index (χ1v) is 8.40. The summed E-state index contributed by atoms with van der Waals surface area (Å²) in [5, 5.41) is 2.05. The quantitative estimate of drug-likeness (QED) is 0.895. The summed E-state index contributed by atoms with van der Waals surface area (Å²) in [5.41, 5.74) is 6.76. The lowest BCUT2D eigenvalue weighted by molar-refractivity contribution is -0.134. The highest BCUT2D eigenvalue weighted by Crippen LogP contribution is 2.26. The second-order valence-corrected chi connectivity index (χ2v) is 6.45. The van der Waals surface area contributed by atoms with Gasteiger partial charge in [-0.05, 0) is 35.6 Å². The number of thiophene rings is 1. The Bertz CT molecular complexity index is 772. The Morgan fingerprint density at radius 2 is 2.17 bits per heavy atom. The molecule has 126 valence electrons. The molecule has 0 aliphatic carbocycles. The number of carbonyl (C=O) groups is 2. The van der Waals surface area contributed by atoms with Gasteiger partial charge in [-0.15, -0.1) is 11.3 Å². The fraction of sp³-hybridized carbons (Fsp3) is 0.294. The Morgan fingerprint density at radius 1 is 1.33 bits per heavy atom. The highest BCUT2D eigenvalue weighted by Gasteiger charge is 2.22. The summed E-state index contributed by atoms with van der Waals surface area (Å²) in [6, 6.07) is 6.76. The number of benzene rings is 1. The highest BCUT2D eigenvalue weighted by molar-refractivity contribution is 7.10. The average molecular weight is 346 g/mol. The van der Waals surface area contributed by atoms with Crippen LogP contribution in [0.1, 0.15) is 20.8 Å². The topological polar surface area (TPSA) is 81.9 Å². The van der Waals surface area contributed by atoms with Gasteiger partial charge in [0.05, 0.1) is 12.7 Å². The van der Waals surface area contributed by atoms with Crippen LogP contribution in [0.15, 0.2) is 29.6 Å². The summed E-state index contributed by atoms with van der Waals surface area (Å²) in [6.45, 7) is 1.13. The van der Waals surface area contributed by atoms with Crippen molar-refractivity contribution in [3.05, 3.63) is 45.6 Å². The highest BCUT2D eigenvalue weighted by atomic mass is 32.1. The van der Waals surface area contributed by atoms with E-state index in [1.807, 2.05) is 11.4 Å². The normalized spacial score (nSPS) is 13.3. The molecular weight excluding hydrogens is 328 g/mol. The van der Waals surface area contributed by atoms with E-state index in [1.165, 1.54) is 23.6 Å². The van der Waals surface area contributed by atoms with Gasteiger partial charge in [-0.1, -0.05) is 0 Å². The fourth-order valence-corrected chi connectivity index (χ4v) is 3.53. The Balaban J connectivity index is 1.67. The van der Waals surface area contributed by atoms with Crippen molar-refractivity contribution in [3.8, 4) is 11.5 Å². The van der Waals surface area contributed by atoms with Gasteiger partial charge in [-0.3, -0.25) is 9.59 Å². The molecule has 0 fully saturated rings. The van der Waals surface area contributed by atoms with Crippen molar-refractivity contribution in [2.75, 3.05) is 20.3 Å². The first kappa shape index (κ1) is 16.3. The molecule has 0 atom stereocenters. The second-order valence-electron chi connectivity index (χ2n) is 5.45. The van der Waals surface area contributed by atoms with Gasteiger partial charge in [0.1, 0.15) is 11.5 Å². The van der Waals surface area contributed by atoms with Gasteiger partial charge in [0.15, 0.2) is 6.61 Å². The molecule has 3 rings (SSSR count). The predicted molar refractivity (Wildman–Crippen MR) is 90.4 cm³/mol. The third kappa shape index (κ3) is 3.35. The number of primary amides is 1. The van der Waals surface area contributed by atoms with Crippen LogP contribution in [0.5, 0.6) is 11.5 Å². The van der Waals surface area contributed by atoms with Crippen molar-refractivity contribution in [1.82, 2.24) is 4.90 Å². The number of methoxy groups -OCH3 is 1. The van der Waals surface area contributed by atoms with E-state index >= 15 is 0 Å². The zero-order chi connectivity index (χ0) is 17.1. The number of fused-ring (bicyclic) bond motifs is 1. The molecule has 24 heavy (non-hydrogen) atoms. The number of hydrogen-bond donors (Lipinski definition) is 1. The molecular formula is C17H18N2O4S. The van der Waals surface area contributed by atoms with Crippen molar-refractivity contribution in [1.29, 1.82) is 0 Å². The summed E-state index contributed by atoms with van der Waals surface area (Å²) in [4.78, 5) is 27.0. The first-order valence-electron chi connectivity index (χ1n) is 7.52. The molecule has 0 unspecified atom stereocenters. The molecule has 7 heteroatoms. The Kier molecular flexibility index (Phi) is 4.71. The Hall–Kier alpha value is -2.54. The van der Waals surface area contributed by atoms with Crippen molar-refractivity contribution in [2.45, 2.75) is 13.0 Å². The molecule has 0 saturated heterocycles. The van der Waals surface area contributed by atoms with Crippen molar-refractivity contribution >= 4 is 23.2 Å². The molecule has 2 heterocycles. The van der Waals surface area contributed by atoms with E-state index < -0.39 is 5.91 Å². The lowest BCUT2D eigenvalue weighted by Gasteiger charge is -2.27. The van der Waals surface area contributed by atoms with Crippen LogP contribution in [-0.2, 0) is 17.8 Å². The van der Waals surface area contributed by atoms with E-state index in [0.29, 0.717) is 18.8 Å². The number of carbonyl (C=O) groups excluding carboxylic acids is 2. The lowest BCUT2D eigenvalue weighted by atomic mass is 10.1. The predicted octanol–water partition coefficient (Wildman–Crippen LogP) is 1.82. The average Bonchev–Trinajstić information content (AvgIpc) is 3.06. The maximum Gasteiger partial charge on any atom is 0.260 e. The molecule has 2 N–H and O–H groups in total. The lowest BCUT2D eigenvalue weighted by Crippen LogP contribution is -2.38. The van der Waals surface area contributed by atoms with Gasteiger partial charge in [0, 0.05) is 24.0 Å². The van der Waals surface area contributed by atoms with Gasteiger partial charge < -0.3 is 20.1 Å². The summed E-state index contributed by atoms with van der Waals surface area (Å²) in [5.74, 6) is 0.0536. The molecule has 2 aromatic rings.